The molecule has 0 spiro atoms. The fraction of sp³-hybridized carbons (Fsp3) is 0.417. The molecular formula is C12H16Br2N2O2. The van der Waals surface area contributed by atoms with Crippen LogP contribution in [-0.4, -0.2) is 36.1 Å². The maximum absolute atomic E-state index is 11.7. The first-order chi connectivity index (χ1) is 8.32. The number of carbonyl (C=O) groups excluding carboxylic acids is 1. The van der Waals surface area contributed by atoms with Crippen LogP contribution in [0.15, 0.2) is 21.1 Å². The molecular weight excluding hydrogens is 364 g/mol. The van der Waals surface area contributed by atoms with Crippen LogP contribution in [0.4, 0.5) is 0 Å². The topological polar surface area (TPSA) is 52.6 Å². The first-order valence-electron chi connectivity index (χ1n) is 5.44. The molecule has 1 aromatic carbocycles. The lowest BCUT2D eigenvalue weighted by atomic mass is 10.2. The molecule has 18 heavy (non-hydrogen) atoms. The fourth-order valence-electron chi connectivity index (χ4n) is 1.47. The van der Waals surface area contributed by atoms with Crippen LogP contribution in [0.5, 0.6) is 5.75 Å². The van der Waals surface area contributed by atoms with Crippen LogP contribution in [0.3, 0.4) is 0 Å². The predicted molar refractivity (Wildman–Crippen MR) is 78.5 cm³/mol. The molecule has 0 aromatic heterocycles. The van der Waals surface area contributed by atoms with Crippen molar-refractivity contribution in [2.24, 2.45) is 0 Å². The van der Waals surface area contributed by atoms with Crippen LogP contribution < -0.4 is 5.32 Å². The second-order valence-electron chi connectivity index (χ2n) is 4.24. The van der Waals surface area contributed by atoms with Gasteiger partial charge in [-0.2, -0.15) is 0 Å². The maximum atomic E-state index is 11.7. The minimum Gasteiger partial charge on any atom is -0.506 e. The van der Waals surface area contributed by atoms with Crippen LogP contribution in [0, 0.1) is 0 Å². The zero-order valence-corrected chi connectivity index (χ0v) is 13.7. The first-order valence-corrected chi connectivity index (χ1v) is 7.03. The molecule has 1 aromatic rings. The molecule has 0 aliphatic heterocycles. The Morgan fingerprint density at radius 1 is 1.39 bits per heavy atom. The van der Waals surface area contributed by atoms with Crippen LogP contribution >= 0.6 is 31.9 Å². The predicted octanol–water partition coefficient (Wildman–Crippen LogP) is 2.48. The van der Waals surface area contributed by atoms with Crippen molar-refractivity contribution in [1.82, 2.24) is 10.2 Å². The van der Waals surface area contributed by atoms with E-state index in [1.165, 1.54) is 0 Å². The molecule has 0 fully saturated rings. The van der Waals surface area contributed by atoms with Gasteiger partial charge in [-0.05, 0) is 56.5 Å². The Hall–Kier alpha value is -0.590. The minimum absolute atomic E-state index is 0.0342. The van der Waals surface area contributed by atoms with Gasteiger partial charge >= 0.3 is 0 Å². The number of amides is 1. The summed E-state index contributed by atoms with van der Waals surface area (Å²) in [4.78, 5) is 13.2. The van der Waals surface area contributed by atoms with Crippen molar-refractivity contribution in [2.75, 3.05) is 14.1 Å². The molecule has 0 saturated heterocycles. The van der Waals surface area contributed by atoms with Gasteiger partial charge < -0.3 is 15.3 Å². The number of phenols is 1. The van der Waals surface area contributed by atoms with E-state index in [2.05, 4.69) is 37.2 Å². The fourth-order valence-corrected chi connectivity index (χ4v) is 2.75. The van der Waals surface area contributed by atoms with E-state index in [9.17, 15) is 9.90 Å². The van der Waals surface area contributed by atoms with E-state index in [-0.39, 0.29) is 17.7 Å². The number of rotatable bonds is 4. The summed E-state index contributed by atoms with van der Waals surface area (Å²) in [5.74, 6) is 0.211. The van der Waals surface area contributed by atoms with Crippen molar-refractivity contribution in [3.05, 3.63) is 26.6 Å². The maximum Gasteiger partial charge on any atom is 0.238 e. The van der Waals surface area contributed by atoms with Gasteiger partial charge in [0.2, 0.25) is 5.91 Å². The molecule has 0 aliphatic carbocycles. The molecule has 4 nitrogen and oxygen atoms in total. The standard InChI is InChI=1S/C12H16Br2N2O2/c1-7(12(18)16(2)3)15-6-8-4-9(13)11(17)10(14)5-8/h4-5,7,15,17H,6H2,1-3H3. The second kappa shape index (κ2) is 6.54. The SMILES string of the molecule is CC(NCc1cc(Br)c(O)c(Br)c1)C(=O)N(C)C. The number of aromatic hydroxyl groups is 1. The second-order valence-corrected chi connectivity index (χ2v) is 5.95. The molecule has 0 heterocycles. The van der Waals surface area contributed by atoms with Crippen molar-refractivity contribution in [2.45, 2.75) is 19.5 Å². The number of nitrogens with one attached hydrogen (secondary N) is 1. The van der Waals surface area contributed by atoms with Gasteiger partial charge in [-0.25, -0.2) is 0 Å². The van der Waals surface area contributed by atoms with Crippen LogP contribution in [-0.2, 0) is 11.3 Å². The van der Waals surface area contributed by atoms with E-state index in [1.807, 2.05) is 19.1 Å². The molecule has 100 valence electrons. The Labute approximate surface area is 124 Å². The zero-order valence-electron chi connectivity index (χ0n) is 10.5. The summed E-state index contributed by atoms with van der Waals surface area (Å²) in [5, 5.41) is 12.7. The van der Waals surface area contributed by atoms with Gasteiger partial charge in [-0.15, -0.1) is 0 Å². The largest absolute Gasteiger partial charge is 0.506 e. The highest BCUT2D eigenvalue weighted by molar-refractivity contribution is 9.11. The third-order valence-electron chi connectivity index (χ3n) is 2.50. The van der Waals surface area contributed by atoms with Crippen molar-refractivity contribution in [3.63, 3.8) is 0 Å². The summed E-state index contributed by atoms with van der Waals surface area (Å²) in [7, 11) is 3.46. The Morgan fingerprint density at radius 2 is 1.89 bits per heavy atom. The lowest BCUT2D eigenvalue weighted by Gasteiger charge is -2.18. The number of carbonyl (C=O) groups is 1. The smallest absolute Gasteiger partial charge is 0.238 e. The highest BCUT2D eigenvalue weighted by Crippen LogP contribution is 2.33. The number of benzene rings is 1. The lowest BCUT2D eigenvalue weighted by Crippen LogP contribution is -2.41. The normalized spacial score (nSPS) is 12.3. The lowest BCUT2D eigenvalue weighted by molar-refractivity contribution is -0.130. The molecule has 0 saturated carbocycles. The molecule has 1 amide bonds. The van der Waals surface area contributed by atoms with Gasteiger partial charge in [0.25, 0.3) is 0 Å². The highest BCUT2D eigenvalue weighted by Gasteiger charge is 2.14. The summed E-state index contributed by atoms with van der Waals surface area (Å²) in [6.45, 7) is 2.38. The average molecular weight is 380 g/mol. The Kier molecular flexibility index (Phi) is 5.62. The van der Waals surface area contributed by atoms with Crippen molar-refractivity contribution in [1.29, 1.82) is 0 Å². The third kappa shape index (κ3) is 3.96. The van der Waals surface area contributed by atoms with Crippen LogP contribution in [0.2, 0.25) is 0 Å². The summed E-state index contributed by atoms with van der Waals surface area (Å²) in [6, 6.07) is 3.39. The van der Waals surface area contributed by atoms with E-state index in [4.69, 9.17) is 0 Å². The monoisotopic (exact) mass is 378 g/mol. The quantitative estimate of drug-likeness (QED) is 0.844. The summed E-state index contributed by atoms with van der Waals surface area (Å²) >= 11 is 6.55. The molecule has 0 aliphatic rings. The van der Waals surface area contributed by atoms with E-state index in [0.29, 0.717) is 15.5 Å². The molecule has 0 radical (unpaired) electrons. The summed E-state index contributed by atoms with van der Waals surface area (Å²) < 4.78 is 1.25. The number of hydrogen-bond donors (Lipinski definition) is 2. The Balaban J connectivity index is 2.67. The number of hydrogen-bond acceptors (Lipinski definition) is 3. The number of halogens is 2. The van der Waals surface area contributed by atoms with Gasteiger partial charge in [0.05, 0.1) is 15.0 Å². The molecule has 2 N–H and O–H groups in total. The highest BCUT2D eigenvalue weighted by atomic mass is 79.9. The van der Waals surface area contributed by atoms with E-state index in [0.717, 1.165) is 5.56 Å². The van der Waals surface area contributed by atoms with Gasteiger partial charge in [-0.3, -0.25) is 4.79 Å². The average Bonchev–Trinajstić information content (AvgIpc) is 2.31. The van der Waals surface area contributed by atoms with Crippen LogP contribution in [0.25, 0.3) is 0 Å². The van der Waals surface area contributed by atoms with Crippen molar-refractivity contribution < 1.29 is 9.90 Å². The molecule has 6 heteroatoms. The third-order valence-corrected chi connectivity index (χ3v) is 3.71. The first kappa shape index (κ1) is 15.5. The number of phenolic OH excluding ortho intramolecular Hbond substituents is 1. The van der Waals surface area contributed by atoms with Gasteiger partial charge in [0.15, 0.2) is 0 Å². The Morgan fingerprint density at radius 3 is 2.33 bits per heavy atom. The van der Waals surface area contributed by atoms with Gasteiger partial charge in [0.1, 0.15) is 5.75 Å². The minimum atomic E-state index is -0.244. The number of likely N-dealkylation sites (N-methyl/N-ethyl adjacent to an activating group) is 1. The summed E-state index contributed by atoms with van der Waals surface area (Å²) in [6.07, 6.45) is 0. The van der Waals surface area contributed by atoms with E-state index >= 15 is 0 Å². The van der Waals surface area contributed by atoms with Gasteiger partial charge in [-0.1, -0.05) is 0 Å². The zero-order chi connectivity index (χ0) is 13.9. The van der Waals surface area contributed by atoms with Crippen molar-refractivity contribution in [3.8, 4) is 5.75 Å². The molecule has 1 unspecified atom stereocenters. The Bertz CT molecular complexity index is 427. The van der Waals surface area contributed by atoms with Crippen LogP contribution in [0.1, 0.15) is 12.5 Å². The van der Waals surface area contributed by atoms with E-state index in [1.54, 1.807) is 19.0 Å². The molecule has 0 bridgehead atoms. The number of nitrogens with zero attached hydrogens (tertiary/aromatic N) is 1. The summed E-state index contributed by atoms with van der Waals surface area (Å²) in [5.41, 5.74) is 0.977. The van der Waals surface area contributed by atoms with Crippen molar-refractivity contribution >= 4 is 37.8 Å². The molecule has 1 atom stereocenters. The van der Waals surface area contributed by atoms with E-state index < -0.39 is 0 Å². The van der Waals surface area contributed by atoms with Gasteiger partial charge in [0, 0.05) is 20.6 Å². The molecule has 1 rings (SSSR count).